The highest BCUT2D eigenvalue weighted by Gasteiger charge is 2.23. The van der Waals surface area contributed by atoms with E-state index in [9.17, 15) is 14.4 Å². The van der Waals surface area contributed by atoms with Crippen molar-refractivity contribution in [2.24, 2.45) is 5.92 Å². The van der Waals surface area contributed by atoms with E-state index in [2.05, 4.69) is 27.9 Å². The van der Waals surface area contributed by atoms with Gasteiger partial charge in [0.2, 0.25) is 11.8 Å². The molecule has 0 aromatic carbocycles. The number of likely N-dealkylation sites (N-methyl/N-ethyl adjacent to an activating group) is 1. The van der Waals surface area contributed by atoms with Crippen molar-refractivity contribution in [2.75, 3.05) is 25.5 Å². The average molecular weight is 375 g/mol. The molecule has 4 amide bonds. The first-order valence-corrected chi connectivity index (χ1v) is 9.35. The highest BCUT2D eigenvalue weighted by molar-refractivity contribution is 5.96. The Labute approximate surface area is 160 Å². The lowest BCUT2D eigenvalue weighted by Crippen LogP contribution is -2.50. The minimum Gasteiger partial charge on any atom is -0.335 e. The van der Waals surface area contributed by atoms with Gasteiger partial charge in [0.1, 0.15) is 5.82 Å². The van der Waals surface area contributed by atoms with Crippen LogP contribution in [0, 0.1) is 12.8 Å². The van der Waals surface area contributed by atoms with Crippen molar-refractivity contribution < 1.29 is 14.4 Å². The Kier molecular flexibility index (Phi) is 7.72. The van der Waals surface area contributed by atoms with Crippen molar-refractivity contribution in [2.45, 2.75) is 45.6 Å². The zero-order valence-electron chi connectivity index (χ0n) is 16.2. The van der Waals surface area contributed by atoms with Crippen LogP contribution in [-0.4, -0.2) is 53.9 Å². The fourth-order valence-corrected chi connectivity index (χ4v) is 3.17. The monoisotopic (exact) mass is 375 g/mol. The quantitative estimate of drug-likeness (QED) is 0.702. The van der Waals surface area contributed by atoms with E-state index in [-0.39, 0.29) is 25.0 Å². The number of hydrogen-bond donors (Lipinski definition) is 3. The van der Waals surface area contributed by atoms with Crippen molar-refractivity contribution in [3.05, 3.63) is 23.9 Å². The van der Waals surface area contributed by atoms with Gasteiger partial charge in [-0.2, -0.15) is 0 Å². The summed E-state index contributed by atoms with van der Waals surface area (Å²) in [5.74, 6) is 0.160. The van der Waals surface area contributed by atoms with Gasteiger partial charge in [-0.3, -0.25) is 19.8 Å². The number of aryl methyl sites for hydroxylation is 1. The van der Waals surface area contributed by atoms with Crippen LogP contribution in [0.3, 0.4) is 0 Å². The SMILES string of the molecule is Cc1ccc(NC(=O)CN(C)CC(=O)NC(=O)N[C@@H]2CCCC[C@@H]2C)nc1. The summed E-state index contributed by atoms with van der Waals surface area (Å²) in [7, 11) is 1.64. The van der Waals surface area contributed by atoms with E-state index in [1.807, 2.05) is 13.0 Å². The molecule has 1 fully saturated rings. The van der Waals surface area contributed by atoms with Crippen LogP contribution in [0.15, 0.2) is 18.3 Å². The highest BCUT2D eigenvalue weighted by atomic mass is 16.2. The topological polar surface area (TPSA) is 103 Å². The number of rotatable bonds is 6. The van der Waals surface area contributed by atoms with Crippen LogP contribution in [0.1, 0.15) is 38.2 Å². The van der Waals surface area contributed by atoms with Crippen molar-refractivity contribution in [1.29, 1.82) is 0 Å². The van der Waals surface area contributed by atoms with Crippen molar-refractivity contribution in [1.82, 2.24) is 20.5 Å². The van der Waals surface area contributed by atoms with Crippen molar-refractivity contribution >= 4 is 23.7 Å². The molecule has 1 heterocycles. The molecule has 3 N–H and O–H groups in total. The molecule has 0 aliphatic heterocycles. The number of amides is 4. The van der Waals surface area contributed by atoms with Crippen LogP contribution in [0.25, 0.3) is 0 Å². The van der Waals surface area contributed by atoms with Crippen LogP contribution in [-0.2, 0) is 9.59 Å². The second-order valence-electron chi connectivity index (χ2n) is 7.33. The van der Waals surface area contributed by atoms with E-state index in [0.29, 0.717) is 11.7 Å². The molecule has 0 spiro atoms. The highest BCUT2D eigenvalue weighted by Crippen LogP contribution is 2.23. The predicted molar refractivity (Wildman–Crippen MR) is 103 cm³/mol. The molecule has 8 nitrogen and oxygen atoms in total. The molecule has 27 heavy (non-hydrogen) atoms. The summed E-state index contributed by atoms with van der Waals surface area (Å²) in [4.78, 5) is 41.6. The molecule has 0 radical (unpaired) electrons. The number of carbonyl (C=O) groups is 3. The molecule has 0 unspecified atom stereocenters. The van der Waals surface area contributed by atoms with Gasteiger partial charge >= 0.3 is 6.03 Å². The summed E-state index contributed by atoms with van der Waals surface area (Å²) in [6.07, 6.45) is 5.98. The van der Waals surface area contributed by atoms with Crippen molar-refractivity contribution in [3.63, 3.8) is 0 Å². The van der Waals surface area contributed by atoms with Gasteiger partial charge in [-0.25, -0.2) is 9.78 Å². The number of imide groups is 1. The van der Waals surface area contributed by atoms with Gasteiger partial charge in [0.15, 0.2) is 0 Å². The zero-order chi connectivity index (χ0) is 19.8. The van der Waals surface area contributed by atoms with Crippen LogP contribution in [0.5, 0.6) is 0 Å². The Morgan fingerprint density at radius 3 is 2.52 bits per heavy atom. The fourth-order valence-electron chi connectivity index (χ4n) is 3.17. The van der Waals surface area contributed by atoms with E-state index in [1.54, 1.807) is 19.3 Å². The van der Waals surface area contributed by atoms with Gasteiger partial charge in [-0.1, -0.05) is 25.8 Å². The Morgan fingerprint density at radius 2 is 1.85 bits per heavy atom. The molecule has 8 heteroatoms. The molecule has 1 aliphatic carbocycles. The third kappa shape index (κ3) is 7.34. The first-order valence-electron chi connectivity index (χ1n) is 9.35. The molecule has 2 rings (SSSR count). The maximum atomic E-state index is 12.0. The van der Waals surface area contributed by atoms with E-state index in [1.165, 1.54) is 11.3 Å². The average Bonchev–Trinajstić information content (AvgIpc) is 2.58. The number of nitrogens with zero attached hydrogens (tertiary/aromatic N) is 2. The second-order valence-corrected chi connectivity index (χ2v) is 7.33. The van der Waals surface area contributed by atoms with Crippen LogP contribution < -0.4 is 16.0 Å². The second kappa shape index (κ2) is 10.0. The molecule has 2 atom stereocenters. The molecule has 1 aromatic rings. The molecular weight excluding hydrogens is 346 g/mol. The number of aromatic nitrogens is 1. The summed E-state index contributed by atoms with van der Waals surface area (Å²) in [5.41, 5.74) is 1.00. The number of pyridine rings is 1. The largest absolute Gasteiger partial charge is 0.335 e. The van der Waals surface area contributed by atoms with E-state index in [0.717, 1.165) is 24.8 Å². The molecule has 148 valence electrons. The summed E-state index contributed by atoms with van der Waals surface area (Å²) in [6.45, 7) is 3.99. The predicted octanol–water partition coefficient (Wildman–Crippen LogP) is 1.66. The summed E-state index contributed by atoms with van der Waals surface area (Å²) < 4.78 is 0. The number of nitrogens with one attached hydrogen (secondary N) is 3. The van der Waals surface area contributed by atoms with Gasteiger partial charge < -0.3 is 10.6 Å². The van der Waals surface area contributed by atoms with Gasteiger partial charge in [-0.15, -0.1) is 0 Å². The maximum Gasteiger partial charge on any atom is 0.321 e. The number of carbonyl (C=O) groups excluding carboxylic acids is 3. The first-order chi connectivity index (χ1) is 12.8. The molecular formula is C19H29N5O3. The van der Waals surface area contributed by atoms with Gasteiger partial charge in [0.25, 0.3) is 0 Å². The maximum absolute atomic E-state index is 12.0. The number of anilines is 1. The molecule has 1 saturated carbocycles. The molecule has 0 saturated heterocycles. The Balaban J connectivity index is 1.70. The lowest BCUT2D eigenvalue weighted by Gasteiger charge is -2.29. The van der Waals surface area contributed by atoms with E-state index < -0.39 is 11.9 Å². The smallest absolute Gasteiger partial charge is 0.321 e. The lowest BCUT2D eigenvalue weighted by molar-refractivity contribution is -0.122. The van der Waals surface area contributed by atoms with E-state index >= 15 is 0 Å². The lowest BCUT2D eigenvalue weighted by atomic mass is 9.86. The summed E-state index contributed by atoms with van der Waals surface area (Å²) in [6, 6.07) is 3.21. The van der Waals surface area contributed by atoms with Crippen molar-refractivity contribution in [3.8, 4) is 0 Å². The minimum absolute atomic E-state index is 0.0181. The summed E-state index contributed by atoms with van der Waals surface area (Å²) >= 11 is 0. The normalized spacial score (nSPS) is 19.4. The standard InChI is InChI=1S/C19H29N5O3/c1-13-8-9-16(20-10-13)22-17(25)11-24(3)12-18(26)23-19(27)21-15-7-5-4-6-14(15)2/h8-10,14-15H,4-7,11-12H2,1-3H3,(H,20,22,25)(H2,21,23,26,27)/t14-,15+/m0/s1. The van der Waals surface area contributed by atoms with Gasteiger partial charge in [-0.05, 0) is 44.4 Å². The molecule has 1 aliphatic rings. The van der Waals surface area contributed by atoms with E-state index in [4.69, 9.17) is 0 Å². The number of hydrogen-bond acceptors (Lipinski definition) is 5. The van der Waals surface area contributed by atoms with Crippen LogP contribution in [0.4, 0.5) is 10.6 Å². The number of urea groups is 1. The Morgan fingerprint density at radius 1 is 1.15 bits per heavy atom. The Bertz CT molecular complexity index is 662. The molecule has 0 bridgehead atoms. The van der Waals surface area contributed by atoms with Gasteiger partial charge in [0.05, 0.1) is 13.1 Å². The third-order valence-electron chi connectivity index (χ3n) is 4.69. The zero-order valence-corrected chi connectivity index (χ0v) is 16.2. The van der Waals surface area contributed by atoms with Crippen LogP contribution in [0.2, 0.25) is 0 Å². The first kappa shape index (κ1) is 20.8. The van der Waals surface area contributed by atoms with Crippen LogP contribution >= 0.6 is 0 Å². The van der Waals surface area contributed by atoms with Gasteiger partial charge in [0, 0.05) is 12.2 Å². The Hall–Kier alpha value is -2.48. The third-order valence-corrected chi connectivity index (χ3v) is 4.69. The summed E-state index contributed by atoms with van der Waals surface area (Å²) in [5, 5.41) is 7.88. The molecule has 1 aromatic heterocycles. The fraction of sp³-hybridized carbons (Fsp3) is 0.579. The minimum atomic E-state index is -0.472.